The lowest BCUT2D eigenvalue weighted by Crippen LogP contribution is -2.56. The van der Waals surface area contributed by atoms with Crippen LogP contribution in [0.15, 0.2) is 34.7 Å². The van der Waals surface area contributed by atoms with Crippen LogP contribution in [0.3, 0.4) is 0 Å². The topological polar surface area (TPSA) is 36.6 Å². The number of fused-ring (bicyclic) bond motifs is 1. The molecule has 1 aliphatic heterocycles. The van der Waals surface area contributed by atoms with E-state index >= 15 is 0 Å². The Morgan fingerprint density at radius 3 is 2.82 bits per heavy atom. The summed E-state index contributed by atoms with van der Waals surface area (Å²) in [6, 6.07) is 10.3. The molecule has 3 heteroatoms. The molecule has 118 valence electrons. The molecule has 1 N–H and O–H groups in total. The molecule has 2 fully saturated rings. The largest absolute Gasteiger partial charge is 0.460 e. The zero-order valence-corrected chi connectivity index (χ0v) is 13.3. The SMILES string of the molecule is CC1CN(Cc2cc3ccccc3o2)CCC1(O)C1CCC1. The molecular weight excluding hydrogens is 274 g/mol. The summed E-state index contributed by atoms with van der Waals surface area (Å²) >= 11 is 0. The zero-order chi connectivity index (χ0) is 15.2. The van der Waals surface area contributed by atoms with Crippen LogP contribution in [0.25, 0.3) is 11.0 Å². The average Bonchev–Trinajstić information content (AvgIpc) is 2.83. The van der Waals surface area contributed by atoms with Gasteiger partial charge in [0.2, 0.25) is 0 Å². The molecule has 2 atom stereocenters. The van der Waals surface area contributed by atoms with Gasteiger partial charge in [-0.3, -0.25) is 4.90 Å². The quantitative estimate of drug-likeness (QED) is 0.936. The maximum absolute atomic E-state index is 11.0. The number of rotatable bonds is 3. The van der Waals surface area contributed by atoms with Crippen LogP contribution in [0, 0.1) is 11.8 Å². The monoisotopic (exact) mass is 299 g/mol. The third kappa shape index (κ3) is 2.37. The second-order valence-corrected chi connectivity index (χ2v) is 7.26. The van der Waals surface area contributed by atoms with Gasteiger partial charge in [0.1, 0.15) is 11.3 Å². The number of hydrogen-bond donors (Lipinski definition) is 1. The molecule has 2 aromatic rings. The van der Waals surface area contributed by atoms with Crippen molar-refractivity contribution < 1.29 is 9.52 Å². The van der Waals surface area contributed by atoms with Crippen molar-refractivity contribution in [3.63, 3.8) is 0 Å². The molecule has 0 radical (unpaired) electrons. The second kappa shape index (κ2) is 5.39. The fourth-order valence-electron chi connectivity index (χ4n) is 4.21. The summed E-state index contributed by atoms with van der Waals surface area (Å²) in [7, 11) is 0. The standard InChI is InChI=1S/C19H25NO2/c1-14-12-20(10-9-19(14,21)16-6-4-7-16)13-17-11-15-5-2-3-8-18(15)22-17/h2-3,5,8,11,14,16,21H,4,6-7,9-10,12-13H2,1H3. The Kier molecular flexibility index (Phi) is 3.50. The molecule has 1 saturated heterocycles. The van der Waals surface area contributed by atoms with E-state index in [2.05, 4.69) is 24.0 Å². The molecule has 22 heavy (non-hydrogen) atoms. The van der Waals surface area contributed by atoms with Crippen molar-refractivity contribution in [2.75, 3.05) is 13.1 Å². The number of aliphatic hydroxyl groups is 1. The molecule has 2 aliphatic rings. The summed E-state index contributed by atoms with van der Waals surface area (Å²) in [5.74, 6) is 1.91. The minimum absolute atomic E-state index is 0.343. The lowest BCUT2D eigenvalue weighted by atomic mass is 9.65. The Morgan fingerprint density at radius 1 is 1.32 bits per heavy atom. The second-order valence-electron chi connectivity index (χ2n) is 7.26. The number of benzene rings is 1. The van der Waals surface area contributed by atoms with Gasteiger partial charge in [-0.25, -0.2) is 0 Å². The molecule has 1 aliphatic carbocycles. The van der Waals surface area contributed by atoms with Crippen molar-refractivity contribution in [1.29, 1.82) is 0 Å². The van der Waals surface area contributed by atoms with Gasteiger partial charge in [0.05, 0.1) is 12.1 Å². The number of para-hydroxylation sites is 1. The van der Waals surface area contributed by atoms with E-state index in [9.17, 15) is 5.11 Å². The normalized spacial score (nSPS) is 30.5. The number of nitrogens with zero attached hydrogens (tertiary/aromatic N) is 1. The van der Waals surface area contributed by atoms with E-state index in [4.69, 9.17) is 4.42 Å². The third-order valence-electron chi connectivity index (χ3n) is 5.88. The van der Waals surface area contributed by atoms with Crippen molar-refractivity contribution >= 4 is 11.0 Å². The van der Waals surface area contributed by atoms with E-state index in [-0.39, 0.29) is 0 Å². The van der Waals surface area contributed by atoms with Crippen LogP contribution in [-0.4, -0.2) is 28.7 Å². The van der Waals surface area contributed by atoms with Gasteiger partial charge in [-0.05, 0) is 43.2 Å². The van der Waals surface area contributed by atoms with Gasteiger partial charge in [-0.1, -0.05) is 31.5 Å². The molecule has 0 bridgehead atoms. The first-order valence-electron chi connectivity index (χ1n) is 8.57. The smallest absolute Gasteiger partial charge is 0.134 e. The van der Waals surface area contributed by atoms with Gasteiger partial charge >= 0.3 is 0 Å². The lowest BCUT2D eigenvalue weighted by molar-refractivity contribution is -0.129. The lowest BCUT2D eigenvalue weighted by Gasteiger charge is -2.50. The van der Waals surface area contributed by atoms with E-state index < -0.39 is 5.60 Å². The van der Waals surface area contributed by atoms with E-state index in [1.54, 1.807) is 0 Å². The fourth-order valence-corrected chi connectivity index (χ4v) is 4.21. The van der Waals surface area contributed by atoms with Crippen LogP contribution >= 0.6 is 0 Å². The van der Waals surface area contributed by atoms with E-state index in [0.29, 0.717) is 11.8 Å². The van der Waals surface area contributed by atoms with E-state index in [0.717, 1.165) is 37.4 Å². The minimum Gasteiger partial charge on any atom is -0.460 e. The highest BCUT2D eigenvalue weighted by Crippen LogP contribution is 2.44. The van der Waals surface area contributed by atoms with Gasteiger partial charge in [0.25, 0.3) is 0 Å². The minimum atomic E-state index is -0.428. The maximum atomic E-state index is 11.0. The number of likely N-dealkylation sites (tertiary alicyclic amines) is 1. The van der Waals surface area contributed by atoms with Gasteiger partial charge < -0.3 is 9.52 Å². The van der Waals surface area contributed by atoms with E-state index in [1.807, 2.05) is 18.2 Å². The molecule has 2 unspecified atom stereocenters. The van der Waals surface area contributed by atoms with Gasteiger partial charge in [-0.15, -0.1) is 0 Å². The Morgan fingerprint density at radius 2 is 2.14 bits per heavy atom. The van der Waals surface area contributed by atoms with Crippen molar-refractivity contribution in [3.05, 3.63) is 36.1 Å². The van der Waals surface area contributed by atoms with Gasteiger partial charge in [-0.2, -0.15) is 0 Å². The summed E-state index contributed by atoms with van der Waals surface area (Å²) in [5, 5.41) is 12.2. The van der Waals surface area contributed by atoms with Crippen LogP contribution in [0.5, 0.6) is 0 Å². The summed E-state index contributed by atoms with van der Waals surface area (Å²) < 4.78 is 5.93. The summed E-state index contributed by atoms with van der Waals surface area (Å²) in [6.07, 6.45) is 4.62. The average molecular weight is 299 g/mol. The highest BCUT2D eigenvalue weighted by atomic mass is 16.3. The molecule has 1 aromatic carbocycles. The summed E-state index contributed by atoms with van der Waals surface area (Å²) in [4.78, 5) is 2.43. The molecule has 0 spiro atoms. The number of hydrogen-bond acceptors (Lipinski definition) is 3. The first-order valence-corrected chi connectivity index (χ1v) is 8.57. The Balaban J connectivity index is 1.44. The highest BCUT2D eigenvalue weighted by Gasteiger charge is 2.46. The Hall–Kier alpha value is -1.32. The third-order valence-corrected chi connectivity index (χ3v) is 5.88. The van der Waals surface area contributed by atoms with E-state index in [1.165, 1.54) is 24.6 Å². The molecule has 0 amide bonds. The fraction of sp³-hybridized carbons (Fsp3) is 0.579. The van der Waals surface area contributed by atoms with Crippen LogP contribution in [0.2, 0.25) is 0 Å². The first-order chi connectivity index (χ1) is 10.6. The van der Waals surface area contributed by atoms with Gasteiger partial charge in [0.15, 0.2) is 0 Å². The molecule has 2 heterocycles. The molecule has 1 aromatic heterocycles. The first kappa shape index (κ1) is 14.3. The highest BCUT2D eigenvalue weighted by molar-refractivity contribution is 5.77. The van der Waals surface area contributed by atoms with Crippen LogP contribution < -0.4 is 0 Å². The summed E-state index contributed by atoms with van der Waals surface area (Å²) in [5.41, 5.74) is 0.538. The van der Waals surface area contributed by atoms with Crippen LogP contribution in [0.4, 0.5) is 0 Å². The van der Waals surface area contributed by atoms with Crippen molar-refractivity contribution in [3.8, 4) is 0 Å². The predicted molar refractivity (Wildman–Crippen MR) is 87.6 cm³/mol. The predicted octanol–water partition coefficient (Wildman–Crippen LogP) is 3.81. The van der Waals surface area contributed by atoms with Crippen molar-refractivity contribution in [2.45, 2.75) is 44.8 Å². The van der Waals surface area contributed by atoms with Gasteiger partial charge in [0, 0.05) is 18.5 Å². The van der Waals surface area contributed by atoms with Crippen molar-refractivity contribution in [2.24, 2.45) is 11.8 Å². The Bertz CT molecular complexity index is 627. The van der Waals surface area contributed by atoms with Crippen molar-refractivity contribution in [1.82, 2.24) is 4.90 Å². The zero-order valence-electron chi connectivity index (χ0n) is 13.3. The molecule has 4 rings (SSSR count). The summed E-state index contributed by atoms with van der Waals surface area (Å²) in [6.45, 7) is 4.99. The Labute approximate surface area is 131 Å². The molecular formula is C19H25NO2. The molecule has 1 saturated carbocycles. The molecule has 3 nitrogen and oxygen atoms in total. The number of piperidine rings is 1. The van der Waals surface area contributed by atoms with Crippen LogP contribution in [0.1, 0.15) is 38.4 Å². The van der Waals surface area contributed by atoms with Crippen LogP contribution in [-0.2, 0) is 6.54 Å². The maximum Gasteiger partial charge on any atom is 0.134 e. The number of furan rings is 1.